The summed E-state index contributed by atoms with van der Waals surface area (Å²) in [5.41, 5.74) is 5.42. The zero-order valence-corrected chi connectivity index (χ0v) is 11.2. The fraction of sp³-hybridized carbons (Fsp3) is 0.923. The Kier molecular flexibility index (Phi) is 6.52. The summed E-state index contributed by atoms with van der Waals surface area (Å²) < 4.78 is 5.72. The van der Waals surface area contributed by atoms with Gasteiger partial charge >= 0.3 is 0 Å². The molecule has 4 heteroatoms. The number of carbonyl (C=O) groups excluding carboxylic acids is 1. The van der Waals surface area contributed by atoms with Gasteiger partial charge in [0.25, 0.3) is 0 Å². The van der Waals surface area contributed by atoms with Gasteiger partial charge < -0.3 is 15.4 Å². The number of ether oxygens (including phenoxy) is 1. The van der Waals surface area contributed by atoms with Crippen molar-refractivity contribution in [2.75, 3.05) is 26.2 Å². The van der Waals surface area contributed by atoms with Crippen LogP contribution in [0.15, 0.2) is 0 Å². The van der Waals surface area contributed by atoms with Gasteiger partial charge in [-0.05, 0) is 32.2 Å². The van der Waals surface area contributed by atoms with Crippen molar-refractivity contribution in [1.29, 1.82) is 0 Å². The van der Waals surface area contributed by atoms with Gasteiger partial charge in [0.05, 0.1) is 6.10 Å². The molecule has 1 aliphatic heterocycles. The molecule has 0 aromatic rings. The van der Waals surface area contributed by atoms with E-state index in [1.54, 1.807) is 0 Å². The van der Waals surface area contributed by atoms with Crippen LogP contribution >= 0.6 is 0 Å². The summed E-state index contributed by atoms with van der Waals surface area (Å²) in [6.07, 6.45) is 4.10. The molecule has 17 heavy (non-hydrogen) atoms. The molecule has 0 spiro atoms. The number of amides is 1. The third kappa shape index (κ3) is 4.64. The largest absolute Gasteiger partial charge is 0.378 e. The van der Waals surface area contributed by atoms with Crippen molar-refractivity contribution in [2.24, 2.45) is 11.7 Å². The van der Waals surface area contributed by atoms with Crippen LogP contribution in [0.25, 0.3) is 0 Å². The normalized spacial score (nSPS) is 19.4. The van der Waals surface area contributed by atoms with Gasteiger partial charge in [0.15, 0.2) is 0 Å². The lowest BCUT2D eigenvalue weighted by Crippen LogP contribution is -2.43. The fourth-order valence-corrected chi connectivity index (χ4v) is 2.06. The first-order valence-corrected chi connectivity index (χ1v) is 6.79. The molecule has 0 radical (unpaired) electrons. The third-order valence-corrected chi connectivity index (χ3v) is 3.49. The van der Waals surface area contributed by atoms with Crippen LogP contribution < -0.4 is 5.73 Å². The quantitative estimate of drug-likeness (QED) is 0.716. The molecule has 1 unspecified atom stereocenters. The Morgan fingerprint density at radius 1 is 1.47 bits per heavy atom. The molecule has 0 bridgehead atoms. The second-order valence-electron chi connectivity index (χ2n) is 4.85. The predicted octanol–water partition coefficient (Wildman–Crippen LogP) is 1.39. The summed E-state index contributed by atoms with van der Waals surface area (Å²) in [5.74, 6) is 0.456. The van der Waals surface area contributed by atoms with Crippen LogP contribution in [0.5, 0.6) is 0 Å². The van der Waals surface area contributed by atoms with Crippen LogP contribution in [0.3, 0.4) is 0 Å². The van der Waals surface area contributed by atoms with Crippen molar-refractivity contribution in [3.8, 4) is 0 Å². The minimum absolute atomic E-state index is 0.157. The molecule has 0 aliphatic carbocycles. The van der Waals surface area contributed by atoms with Gasteiger partial charge in [0, 0.05) is 25.6 Å². The highest BCUT2D eigenvalue weighted by atomic mass is 16.5. The van der Waals surface area contributed by atoms with Gasteiger partial charge in [0.2, 0.25) is 5.91 Å². The highest BCUT2D eigenvalue weighted by molar-refractivity contribution is 5.78. The van der Waals surface area contributed by atoms with Crippen LogP contribution in [0.4, 0.5) is 0 Å². The molecule has 1 heterocycles. The lowest BCUT2D eigenvalue weighted by molar-refractivity contribution is -0.137. The van der Waals surface area contributed by atoms with Crippen LogP contribution in [0, 0.1) is 5.92 Å². The summed E-state index contributed by atoms with van der Waals surface area (Å²) in [6.45, 7) is 7.19. The molecule has 1 amide bonds. The minimum Gasteiger partial charge on any atom is -0.378 e. The van der Waals surface area contributed by atoms with Crippen molar-refractivity contribution in [3.63, 3.8) is 0 Å². The van der Waals surface area contributed by atoms with Crippen molar-refractivity contribution in [3.05, 3.63) is 0 Å². The molecule has 1 atom stereocenters. The van der Waals surface area contributed by atoms with E-state index in [0.717, 1.165) is 45.4 Å². The van der Waals surface area contributed by atoms with E-state index >= 15 is 0 Å². The second kappa shape index (κ2) is 7.67. The second-order valence-corrected chi connectivity index (χ2v) is 4.85. The Hall–Kier alpha value is -0.610. The number of carbonyl (C=O) groups is 1. The smallest absolute Gasteiger partial charge is 0.225 e. The topological polar surface area (TPSA) is 55.6 Å². The average molecular weight is 242 g/mol. The zero-order valence-electron chi connectivity index (χ0n) is 11.2. The van der Waals surface area contributed by atoms with E-state index in [1.165, 1.54) is 0 Å². The number of rotatable bonds is 6. The van der Waals surface area contributed by atoms with E-state index in [4.69, 9.17) is 10.5 Å². The van der Waals surface area contributed by atoms with Gasteiger partial charge in [-0.25, -0.2) is 0 Å². The van der Waals surface area contributed by atoms with E-state index in [2.05, 4.69) is 6.92 Å². The number of likely N-dealkylation sites (tertiary alicyclic amines) is 1. The Morgan fingerprint density at radius 3 is 2.65 bits per heavy atom. The van der Waals surface area contributed by atoms with Crippen LogP contribution in [0.2, 0.25) is 0 Å². The SMILES string of the molecule is CCC(C)C(=O)N1CCC(OCCCN)CC1. The third-order valence-electron chi connectivity index (χ3n) is 3.49. The van der Waals surface area contributed by atoms with Gasteiger partial charge in [-0.1, -0.05) is 13.8 Å². The molecule has 100 valence electrons. The van der Waals surface area contributed by atoms with E-state index in [0.29, 0.717) is 18.6 Å². The first-order chi connectivity index (χ1) is 8.19. The Morgan fingerprint density at radius 2 is 2.12 bits per heavy atom. The van der Waals surface area contributed by atoms with Gasteiger partial charge in [-0.3, -0.25) is 4.79 Å². The standard InChI is InChI=1S/C13H26N2O2/c1-3-11(2)13(16)15-8-5-12(6-9-15)17-10-4-7-14/h11-12H,3-10,14H2,1-2H3. The maximum atomic E-state index is 12.0. The number of nitrogens with zero attached hydrogens (tertiary/aromatic N) is 1. The van der Waals surface area contributed by atoms with E-state index < -0.39 is 0 Å². The van der Waals surface area contributed by atoms with Crippen molar-refractivity contribution >= 4 is 5.91 Å². The van der Waals surface area contributed by atoms with Gasteiger partial charge in [0.1, 0.15) is 0 Å². The van der Waals surface area contributed by atoms with Crippen LogP contribution in [0.1, 0.15) is 39.5 Å². The monoisotopic (exact) mass is 242 g/mol. The van der Waals surface area contributed by atoms with Gasteiger partial charge in [-0.2, -0.15) is 0 Å². The first-order valence-electron chi connectivity index (χ1n) is 6.79. The van der Waals surface area contributed by atoms with Crippen molar-refractivity contribution in [1.82, 2.24) is 4.90 Å². The minimum atomic E-state index is 0.157. The number of hydrogen-bond acceptors (Lipinski definition) is 3. The Labute approximate surface area is 104 Å². The summed E-state index contributed by atoms with van der Waals surface area (Å²) in [5, 5.41) is 0. The molecule has 0 aromatic heterocycles. The molecule has 2 N–H and O–H groups in total. The first kappa shape index (κ1) is 14.5. The molecular weight excluding hydrogens is 216 g/mol. The van der Waals surface area contributed by atoms with E-state index in [-0.39, 0.29) is 5.92 Å². The highest BCUT2D eigenvalue weighted by Gasteiger charge is 2.25. The molecule has 0 aromatic carbocycles. The van der Waals surface area contributed by atoms with E-state index in [1.807, 2.05) is 11.8 Å². The molecule has 1 fully saturated rings. The van der Waals surface area contributed by atoms with Crippen molar-refractivity contribution in [2.45, 2.75) is 45.6 Å². The highest BCUT2D eigenvalue weighted by Crippen LogP contribution is 2.17. The van der Waals surface area contributed by atoms with Crippen LogP contribution in [-0.2, 0) is 9.53 Å². The fourth-order valence-electron chi connectivity index (χ4n) is 2.06. The molecule has 4 nitrogen and oxygen atoms in total. The van der Waals surface area contributed by atoms with Crippen molar-refractivity contribution < 1.29 is 9.53 Å². The molecule has 1 rings (SSSR count). The lowest BCUT2D eigenvalue weighted by Gasteiger charge is -2.33. The number of nitrogens with two attached hydrogens (primary N) is 1. The van der Waals surface area contributed by atoms with Gasteiger partial charge in [-0.15, -0.1) is 0 Å². The maximum Gasteiger partial charge on any atom is 0.225 e. The Bertz CT molecular complexity index is 225. The predicted molar refractivity (Wildman–Crippen MR) is 68.7 cm³/mol. The summed E-state index contributed by atoms with van der Waals surface area (Å²) in [7, 11) is 0. The number of hydrogen-bond donors (Lipinski definition) is 1. The van der Waals surface area contributed by atoms with E-state index in [9.17, 15) is 4.79 Å². The lowest BCUT2D eigenvalue weighted by atomic mass is 10.0. The summed E-state index contributed by atoms with van der Waals surface area (Å²) >= 11 is 0. The Balaban J connectivity index is 2.23. The summed E-state index contributed by atoms with van der Waals surface area (Å²) in [4.78, 5) is 13.9. The molecule has 0 saturated carbocycles. The average Bonchev–Trinajstić information content (AvgIpc) is 2.38. The zero-order chi connectivity index (χ0) is 12.7. The molecule has 1 saturated heterocycles. The van der Waals surface area contributed by atoms with Crippen LogP contribution in [-0.4, -0.2) is 43.2 Å². The molecule has 1 aliphatic rings. The molecular formula is C13H26N2O2. The maximum absolute atomic E-state index is 12.0. The summed E-state index contributed by atoms with van der Waals surface area (Å²) in [6, 6.07) is 0. The number of piperidine rings is 1.